The van der Waals surface area contributed by atoms with Crippen molar-refractivity contribution in [2.45, 2.75) is 35.5 Å². The van der Waals surface area contributed by atoms with Gasteiger partial charge in [-0.05, 0) is 18.4 Å². The number of carboxylic acid groups (broad SMARTS) is 1. The van der Waals surface area contributed by atoms with Crippen molar-refractivity contribution in [1.82, 2.24) is 30.0 Å². The quantitative estimate of drug-likeness (QED) is 0.0916. The summed E-state index contributed by atoms with van der Waals surface area (Å²) in [6.45, 7) is 0. The van der Waals surface area contributed by atoms with E-state index in [1.807, 2.05) is 0 Å². The zero-order valence-electron chi connectivity index (χ0n) is 19.6. The number of nitrogens with zero attached hydrogens (tertiary/aromatic N) is 5. The third kappa shape index (κ3) is 4.93. The minimum absolute atomic E-state index is 0.0724. The summed E-state index contributed by atoms with van der Waals surface area (Å²) < 4.78 is 1.06. The molecule has 2 amide bonds. The summed E-state index contributed by atoms with van der Waals surface area (Å²) in [4.78, 5) is 72.0. The number of amides is 2. The Morgan fingerprint density at radius 3 is 2.79 bits per heavy atom. The molecule has 2 aliphatic heterocycles. The third-order valence-electron chi connectivity index (χ3n) is 5.75. The largest absolute Gasteiger partial charge is 0.477 e. The molecule has 2 aromatic heterocycles. The average Bonchev–Trinajstić information content (AvgIpc) is 3.63. The van der Waals surface area contributed by atoms with Crippen molar-refractivity contribution >= 4 is 63.5 Å². The fourth-order valence-corrected chi connectivity index (χ4v) is 6.60. The van der Waals surface area contributed by atoms with Gasteiger partial charge in [0.1, 0.15) is 28.9 Å². The van der Waals surface area contributed by atoms with Crippen LogP contribution in [0.2, 0.25) is 0 Å². The average molecular weight is 581 g/mol. The van der Waals surface area contributed by atoms with Gasteiger partial charge in [-0.1, -0.05) is 16.9 Å². The maximum Gasteiger partial charge on any atom is 0.352 e. The number of fused-ring (bicyclic) bond motifs is 1. The normalized spacial score (nSPS) is 21.1. The minimum atomic E-state index is -1.30. The van der Waals surface area contributed by atoms with E-state index in [1.54, 1.807) is 5.38 Å². The molecule has 15 nitrogen and oxygen atoms in total. The van der Waals surface area contributed by atoms with Crippen LogP contribution in [0.25, 0.3) is 0 Å². The number of thioether (sulfide) groups is 2. The van der Waals surface area contributed by atoms with Crippen molar-refractivity contribution in [3.63, 3.8) is 0 Å². The van der Waals surface area contributed by atoms with Crippen LogP contribution in [0.15, 0.2) is 36.6 Å². The Labute approximate surface area is 225 Å². The molecular formula is C20H20N8O7S3. The molecule has 2 fully saturated rings. The van der Waals surface area contributed by atoms with Gasteiger partial charge < -0.3 is 21.0 Å². The van der Waals surface area contributed by atoms with Gasteiger partial charge in [0.2, 0.25) is 0 Å². The highest BCUT2D eigenvalue weighted by Gasteiger charge is 2.54. The molecule has 0 bridgehead atoms. The smallest absolute Gasteiger partial charge is 0.352 e. The van der Waals surface area contributed by atoms with Gasteiger partial charge in [-0.15, -0.1) is 28.2 Å². The molecule has 1 saturated carbocycles. The molecule has 200 valence electrons. The number of carboxylic acids is 1. The summed E-state index contributed by atoms with van der Waals surface area (Å²) in [5.74, 6) is -2.23. The fraction of sp³-hybridized carbons (Fsp3) is 0.400. The molecule has 1 aliphatic carbocycles. The lowest BCUT2D eigenvalue weighted by molar-refractivity contribution is -0.150. The summed E-state index contributed by atoms with van der Waals surface area (Å²) in [7, 11) is 1.38. The van der Waals surface area contributed by atoms with E-state index >= 15 is 0 Å². The second-order valence-corrected chi connectivity index (χ2v) is 11.4. The van der Waals surface area contributed by atoms with E-state index in [1.165, 1.54) is 18.8 Å². The standard InChI is InChI=1S/C20H20N8O7S3/c1-27-16(32)14(30)24-25-20(27)38-5-7-4-36-17-11(15(31)28(17)12(7)18(33)34)23-13(29)10(26-35-8-2-3-8)9-6-37-19(21)22-9/h6,8,11,17H,2-5H2,1H3,(H2,21,22)(H,23,29)(H,24,30)(H,33,34)/t11-,17+/m1/s1. The molecule has 0 spiro atoms. The van der Waals surface area contributed by atoms with E-state index < -0.39 is 40.3 Å². The Balaban J connectivity index is 1.32. The molecule has 0 unspecified atom stereocenters. The third-order valence-corrected chi connectivity index (χ3v) is 8.88. The first-order valence-corrected chi connectivity index (χ1v) is 14.0. The number of thiazole rings is 1. The first kappa shape index (κ1) is 26.0. The van der Waals surface area contributed by atoms with Gasteiger partial charge >= 0.3 is 17.1 Å². The molecule has 1 saturated heterocycles. The minimum Gasteiger partial charge on any atom is -0.477 e. The summed E-state index contributed by atoms with van der Waals surface area (Å²) in [6.07, 6.45) is 1.58. The number of nitrogen functional groups attached to an aromatic ring is 1. The zero-order chi connectivity index (χ0) is 27.1. The number of hydrogen-bond donors (Lipinski definition) is 4. The molecule has 2 aromatic rings. The van der Waals surface area contributed by atoms with E-state index in [-0.39, 0.29) is 45.0 Å². The predicted molar refractivity (Wildman–Crippen MR) is 138 cm³/mol. The summed E-state index contributed by atoms with van der Waals surface area (Å²) in [5.41, 5.74) is 4.35. The van der Waals surface area contributed by atoms with E-state index in [0.29, 0.717) is 5.57 Å². The number of carbonyl (C=O) groups excluding carboxylic acids is 2. The lowest BCUT2D eigenvalue weighted by Gasteiger charge is -2.49. The number of oxime groups is 1. The lowest BCUT2D eigenvalue weighted by Crippen LogP contribution is -2.71. The second-order valence-electron chi connectivity index (χ2n) is 8.42. The molecule has 0 radical (unpaired) electrons. The van der Waals surface area contributed by atoms with Crippen LogP contribution in [0.3, 0.4) is 0 Å². The van der Waals surface area contributed by atoms with Gasteiger partial charge in [0.25, 0.3) is 11.8 Å². The summed E-state index contributed by atoms with van der Waals surface area (Å²) in [5, 5.41) is 23.7. The summed E-state index contributed by atoms with van der Waals surface area (Å²) >= 11 is 3.46. The SMILES string of the molecule is Cn1c(SCC2=C(C(=O)O)N3C(=O)[C@@H](NC(=O)C(=NOC4CC4)c4csc(N)n4)[C@@H]3SC2)n[nH]c(=O)c1=O. The highest BCUT2D eigenvalue weighted by Crippen LogP contribution is 2.41. The number of H-pyrrole nitrogens is 1. The van der Waals surface area contributed by atoms with Crippen LogP contribution in [0, 0.1) is 0 Å². The number of hydrogen-bond acceptors (Lipinski definition) is 13. The number of aliphatic carboxylic acids is 1. The number of β-lactam (4-membered cyclic amide) rings is 1. The highest BCUT2D eigenvalue weighted by atomic mass is 32.2. The van der Waals surface area contributed by atoms with E-state index in [9.17, 15) is 29.1 Å². The number of nitrogens with one attached hydrogen (secondary N) is 2. The molecule has 2 atom stereocenters. The van der Waals surface area contributed by atoms with Gasteiger partial charge in [0.05, 0.1) is 0 Å². The first-order chi connectivity index (χ1) is 18.2. The Morgan fingerprint density at radius 1 is 1.37 bits per heavy atom. The predicted octanol–water partition coefficient (Wildman–Crippen LogP) is -1.08. The molecular weight excluding hydrogens is 560 g/mol. The summed E-state index contributed by atoms with van der Waals surface area (Å²) in [6, 6.07) is -0.986. The number of aromatic nitrogens is 4. The Morgan fingerprint density at radius 2 is 2.13 bits per heavy atom. The van der Waals surface area contributed by atoms with Gasteiger partial charge in [-0.3, -0.25) is 28.6 Å². The Bertz CT molecular complexity index is 1510. The van der Waals surface area contributed by atoms with Crippen molar-refractivity contribution in [3.8, 4) is 0 Å². The van der Waals surface area contributed by atoms with Gasteiger partial charge in [-0.2, -0.15) is 0 Å². The monoisotopic (exact) mass is 580 g/mol. The number of rotatable bonds is 9. The van der Waals surface area contributed by atoms with Crippen molar-refractivity contribution in [2.24, 2.45) is 12.2 Å². The molecule has 0 aromatic carbocycles. The number of nitrogens with two attached hydrogens (primary N) is 1. The number of anilines is 1. The van der Waals surface area contributed by atoms with Crippen molar-refractivity contribution in [3.05, 3.63) is 43.1 Å². The zero-order valence-corrected chi connectivity index (χ0v) is 22.0. The van der Waals surface area contributed by atoms with E-state index in [2.05, 4.69) is 25.7 Å². The topological polar surface area (TPSA) is 215 Å². The first-order valence-electron chi connectivity index (χ1n) is 11.1. The maximum absolute atomic E-state index is 13.1. The molecule has 5 rings (SSSR count). The Hall–Kier alpha value is -3.64. The molecule has 38 heavy (non-hydrogen) atoms. The molecule has 5 N–H and O–H groups in total. The number of aromatic amines is 1. The van der Waals surface area contributed by atoms with Crippen LogP contribution in [-0.4, -0.2) is 82.3 Å². The van der Waals surface area contributed by atoms with Crippen molar-refractivity contribution in [1.29, 1.82) is 0 Å². The Kier molecular flexibility index (Phi) is 7.01. The van der Waals surface area contributed by atoms with Crippen molar-refractivity contribution < 1.29 is 24.3 Å². The van der Waals surface area contributed by atoms with Crippen LogP contribution in [0.4, 0.5) is 5.13 Å². The van der Waals surface area contributed by atoms with Gasteiger partial charge in [-0.25, -0.2) is 14.9 Å². The van der Waals surface area contributed by atoms with Crippen LogP contribution in [0.5, 0.6) is 0 Å². The fourth-order valence-electron chi connectivity index (χ4n) is 3.65. The number of carbonyl (C=O) groups is 3. The van der Waals surface area contributed by atoms with E-state index in [4.69, 9.17) is 10.6 Å². The maximum atomic E-state index is 13.1. The molecule has 18 heteroatoms. The molecule has 4 heterocycles. The second kappa shape index (κ2) is 10.3. The van der Waals surface area contributed by atoms with Crippen molar-refractivity contribution in [2.75, 3.05) is 17.2 Å². The van der Waals surface area contributed by atoms with Gasteiger partial charge in [0.15, 0.2) is 16.0 Å². The van der Waals surface area contributed by atoms with Crippen LogP contribution in [0.1, 0.15) is 18.5 Å². The lowest BCUT2D eigenvalue weighted by atomic mass is 10.0. The highest BCUT2D eigenvalue weighted by molar-refractivity contribution is 8.01. The van der Waals surface area contributed by atoms with E-state index in [0.717, 1.165) is 45.4 Å². The van der Waals surface area contributed by atoms with Crippen LogP contribution >= 0.6 is 34.9 Å². The van der Waals surface area contributed by atoms with Crippen LogP contribution in [-0.2, 0) is 26.3 Å². The van der Waals surface area contributed by atoms with Gasteiger partial charge in [0, 0.05) is 23.9 Å². The molecule has 3 aliphatic rings. The van der Waals surface area contributed by atoms with Crippen LogP contribution < -0.4 is 22.2 Å².